The van der Waals surface area contributed by atoms with Gasteiger partial charge >= 0.3 is 0 Å². The van der Waals surface area contributed by atoms with Crippen LogP contribution in [0.2, 0.25) is 0 Å². The van der Waals surface area contributed by atoms with Crippen LogP contribution in [0.5, 0.6) is 5.75 Å². The molecule has 1 N–H and O–H groups in total. The molecule has 0 aliphatic carbocycles. The Hall–Kier alpha value is -2.86. The van der Waals surface area contributed by atoms with Gasteiger partial charge in [-0.1, -0.05) is 19.1 Å². The molecule has 1 aliphatic heterocycles. The minimum Gasteiger partial charge on any atom is -0.497 e. The average molecular weight is 283 g/mol. The molecule has 0 radical (unpaired) electrons. The van der Waals surface area contributed by atoms with Crippen LogP contribution in [0.3, 0.4) is 0 Å². The van der Waals surface area contributed by atoms with Crippen molar-refractivity contribution in [1.82, 2.24) is 5.32 Å². The lowest BCUT2D eigenvalue weighted by Gasteiger charge is -2.40. The molecule has 1 fully saturated rings. The number of benzene rings is 1. The van der Waals surface area contributed by atoms with Crippen LogP contribution < -0.4 is 10.1 Å². The maximum absolute atomic E-state index is 11.9. The van der Waals surface area contributed by atoms with Crippen molar-refractivity contribution in [3.63, 3.8) is 0 Å². The number of piperidine rings is 1. The number of methoxy groups -OCH3 is 1. The molecular weight excluding hydrogens is 270 g/mol. The second-order valence-corrected chi connectivity index (χ2v) is 4.99. The Morgan fingerprint density at radius 2 is 1.76 bits per heavy atom. The van der Waals surface area contributed by atoms with Gasteiger partial charge in [-0.3, -0.25) is 14.9 Å². The van der Waals surface area contributed by atoms with Crippen LogP contribution in [-0.4, -0.2) is 18.9 Å². The van der Waals surface area contributed by atoms with Gasteiger partial charge in [0.25, 0.3) is 0 Å². The van der Waals surface area contributed by atoms with Crippen molar-refractivity contribution in [3.05, 3.63) is 29.8 Å². The zero-order valence-corrected chi connectivity index (χ0v) is 11.6. The fraction of sp³-hybridized carbons (Fsp3) is 0.333. The zero-order chi connectivity index (χ0) is 15.6. The van der Waals surface area contributed by atoms with Gasteiger partial charge in [0.2, 0.25) is 11.8 Å². The molecule has 2 amide bonds. The van der Waals surface area contributed by atoms with E-state index in [1.165, 1.54) is 7.11 Å². The average Bonchev–Trinajstić information content (AvgIpc) is 2.47. The molecule has 0 aromatic heterocycles. The molecule has 1 aliphatic rings. The van der Waals surface area contributed by atoms with Crippen molar-refractivity contribution in [1.29, 1.82) is 10.5 Å². The van der Waals surface area contributed by atoms with Gasteiger partial charge in [-0.2, -0.15) is 10.5 Å². The van der Waals surface area contributed by atoms with Crippen molar-refractivity contribution >= 4 is 11.8 Å². The smallest absolute Gasteiger partial charge is 0.244 e. The minimum atomic E-state index is -1.22. The third kappa shape index (κ3) is 2.11. The van der Waals surface area contributed by atoms with E-state index in [1.54, 1.807) is 31.2 Å². The van der Waals surface area contributed by atoms with Gasteiger partial charge in [0.1, 0.15) is 17.6 Å². The SMILES string of the molecule is COc1cccc(C2(C)[C@@H](C#N)C(=O)NC(=O)[C@@H]2C#N)c1. The maximum atomic E-state index is 11.9. The Labute approximate surface area is 121 Å². The number of amides is 2. The van der Waals surface area contributed by atoms with Crippen LogP contribution in [0.4, 0.5) is 0 Å². The summed E-state index contributed by atoms with van der Waals surface area (Å²) < 4.78 is 5.13. The Morgan fingerprint density at radius 1 is 1.19 bits per heavy atom. The molecule has 1 saturated heterocycles. The van der Waals surface area contributed by atoms with E-state index < -0.39 is 29.1 Å². The molecular formula is C15H13N3O3. The van der Waals surface area contributed by atoms with E-state index in [0.29, 0.717) is 11.3 Å². The Kier molecular flexibility index (Phi) is 3.64. The molecule has 0 spiro atoms. The van der Waals surface area contributed by atoms with E-state index in [-0.39, 0.29) is 0 Å². The third-order valence-electron chi connectivity index (χ3n) is 3.92. The standard InChI is InChI=1S/C15H13N3O3/c1-15(9-4-3-5-10(6-9)21-2)11(7-16)13(19)18-14(20)12(15)8-17/h3-6,11-12H,1-2H3,(H,18,19,20)/t11-,12-/m0/s1. The number of nitriles is 2. The van der Waals surface area contributed by atoms with Crippen molar-refractivity contribution in [3.8, 4) is 17.9 Å². The minimum absolute atomic E-state index is 0.528. The summed E-state index contributed by atoms with van der Waals surface area (Å²) in [5.74, 6) is -3.10. The third-order valence-corrected chi connectivity index (χ3v) is 3.92. The number of carbonyl (C=O) groups excluding carboxylic acids is 2. The second kappa shape index (κ2) is 5.26. The lowest BCUT2D eigenvalue weighted by molar-refractivity contribution is -0.140. The molecule has 2 atom stereocenters. The molecule has 21 heavy (non-hydrogen) atoms. The summed E-state index contributed by atoms with van der Waals surface area (Å²) in [6.45, 7) is 1.58. The lowest BCUT2D eigenvalue weighted by Crippen LogP contribution is -2.58. The Morgan fingerprint density at radius 3 is 2.24 bits per heavy atom. The highest BCUT2D eigenvalue weighted by molar-refractivity contribution is 6.04. The lowest BCUT2D eigenvalue weighted by atomic mass is 9.62. The van der Waals surface area contributed by atoms with E-state index in [9.17, 15) is 20.1 Å². The summed E-state index contributed by atoms with van der Waals surface area (Å²) in [7, 11) is 1.49. The molecule has 1 heterocycles. The van der Waals surface area contributed by atoms with E-state index in [1.807, 2.05) is 12.1 Å². The van der Waals surface area contributed by atoms with E-state index in [4.69, 9.17) is 4.74 Å². The van der Waals surface area contributed by atoms with Crippen molar-refractivity contribution in [2.24, 2.45) is 11.8 Å². The maximum Gasteiger partial charge on any atom is 0.244 e. The van der Waals surface area contributed by atoms with E-state index >= 15 is 0 Å². The number of rotatable bonds is 2. The summed E-state index contributed by atoms with van der Waals surface area (Å²) in [5.41, 5.74) is -0.680. The molecule has 1 aromatic carbocycles. The number of ether oxygens (including phenoxy) is 1. The summed E-state index contributed by atoms with van der Waals surface area (Å²) in [5, 5.41) is 20.7. The van der Waals surface area contributed by atoms with Gasteiger partial charge in [-0.05, 0) is 17.7 Å². The first kappa shape index (κ1) is 14.5. The number of hydrogen-bond donors (Lipinski definition) is 1. The van der Waals surface area contributed by atoms with Gasteiger partial charge in [0.05, 0.1) is 19.2 Å². The van der Waals surface area contributed by atoms with Crippen LogP contribution in [0, 0.1) is 34.5 Å². The number of imide groups is 1. The Bertz CT molecular complexity index is 652. The highest BCUT2D eigenvalue weighted by atomic mass is 16.5. The Balaban J connectivity index is 2.66. The second-order valence-electron chi connectivity index (χ2n) is 4.99. The molecule has 6 heteroatoms. The van der Waals surface area contributed by atoms with Crippen LogP contribution in [0.1, 0.15) is 12.5 Å². The van der Waals surface area contributed by atoms with Crippen LogP contribution in [0.25, 0.3) is 0 Å². The molecule has 6 nitrogen and oxygen atoms in total. The summed E-state index contributed by atoms with van der Waals surface area (Å²) >= 11 is 0. The fourth-order valence-corrected chi connectivity index (χ4v) is 2.65. The van der Waals surface area contributed by atoms with Crippen molar-refractivity contribution in [2.75, 3.05) is 7.11 Å². The topological polar surface area (TPSA) is 103 Å². The first-order valence-corrected chi connectivity index (χ1v) is 6.27. The normalized spacial score (nSPS) is 23.6. The van der Waals surface area contributed by atoms with Crippen LogP contribution in [-0.2, 0) is 15.0 Å². The summed E-state index contributed by atoms with van der Waals surface area (Å²) in [6.07, 6.45) is 0. The first-order valence-electron chi connectivity index (χ1n) is 6.27. The number of carbonyl (C=O) groups is 2. The molecule has 106 valence electrons. The van der Waals surface area contributed by atoms with Crippen LogP contribution in [0.15, 0.2) is 24.3 Å². The van der Waals surface area contributed by atoms with Crippen molar-refractivity contribution in [2.45, 2.75) is 12.3 Å². The van der Waals surface area contributed by atoms with Gasteiger partial charge in [0, 0.05) is 5.41 Å². The summed E-state index contributed by atoms with van der Waals surface area (Å²) in [6, 6.07) is 10.5. The van der Waals surface area contributed by atoms with Crippen molar-refractivity contribution < 1.29 is 14.3 Å². The predicted octanol–water partition coefficient (Wildman–Crippen LogP) is 0.889. The van der Waals surface area contributed by atoms with Crippen LogP contribution >= 0.6 is 0 Å². The highest BCUT2D eigenvalue weighted by Gasteiger charge is 2.54. The van der Waals surface area contributed by atoms with Gasteiger partial charge < -0.3 is 4.74 Å². The molecule has 1 aromatic rings. The number of nitrogens with zero attached hydrogens (tertiary/aromatic N) is 2. The quantitative estimate of drug-likeness (QED) is 0.812. The number of nitrogens with one attached hydrogen (secondary N) is 1. The fourth-order valence-electron chi connectivity index (χ4n) is 2.65. The first-order chi connectivity index (χ1) is 9.98. The van der Waals surface area contributed by atoms with Gasteiger partial charge in [-0.25, -0.2) is 0 Å². The predicted molar refractivity (Wildman–Crippen MR) is 71.7 cm³/mol. The largest absolute Gasteiger partial charge is 0.497 e. The highest BCUT2D eigenvalue weighted by Crippen LogP contribution is 2.42. The van der Waals surface area contributed by atoms with Gasteiger partial charge in [-0.15, -0.1) is 0 Å². The number of hydrogen-bond acceptors (Lipinski definition) is 5. The monoisotopic (exact) mass is 283 g/mol. The molecule has 2 rings (SSSR count). The van der Waals surface area contributed by atoms with E-state index in [0.717, 1.165) is 0 Å². The van der Waals surface area contributed by atoms with Gasteiger partial charge in [0.15, 0.2) is 0 Å². The molecule has 0 saturated carbocycles. The summed E-state index contributed by atoms with van der Waals surface area (Å²) in [4.78, 5) is 23.9. The molecule has 0 unspecified atom stereocenters. The molecule has 0 bridgehead atoms. The van der Waals surface area contributed by atoms with E-state index in [2.05, 4.69) is 5.32 Å². The zero-order valence-electron chi connectivity index (χ0n) is 11.6.